The summed E-state index contributed by atoms with van der Waals surface area (Å²) in [5.74, 6) is -0.887. The molecule has 0 atom stereocenters. The first kappa shape index (κ1) is 14.3. The van der Waals surface area contributed by atoms with Crippen LogP contribution in [0.15, 0.2) is 36.4 Å². The lowest BCUT2D eigenvalue weighted by Gasteiger charge is -2.09. The molecule has 3 nitrogen and oxygen atoms in total. The molecule has 0 bridgehead atoms. The highest BCUT2D eigenvalue weighted by atomic mass is 35.5. The van der Waals surface area contributed by atoms with Crippen LogP contribution in [0.25, 0.3) is 0 Å². The molecule has 104 valence electrons. The number of hydrogen-bond donors (Lipinski definition) is 2. The standard InChI is InChI=1S/C15H14ClFN2O/c1-2-9-3-5-11(8-14(9)18)19-15(20)12-6-4-10(17)7-13(12)16/h3-8H,2,18H2,1H3,(H,19,20). The van der Waals surface area contributed by atoms with Gasteiger partial charge in [-0.25, -0.2) is 4.39 Å². The fourth-order valence-corrected chi connectivity index (χ4v) is 2.12. The Bertz CT molecular complexity index is 658. The Morgan fingerprint density at radius 1 is 1.30 bits per heavy atom. The first-order valence-electron chi connectivity index (χ1n) is 6.16. The summed E-state index contributed by atoms with van der Waals surface area (Å²) in [5, 5.41) is 2.75. The lowest BCUT2D eigenvalue weighted by atomic mass is 10.1. The van der Waals surface area contributed by atoms with Crippen molar-refractivity contribution in [3.05, 3.63) is 58.4 Å². The van der Waals surface area contributed by atoms with Gasteiger partial charge >= 0.3 is 0 Å². The lowest BCUT2D eigenvalue weighted by Crippen LogP contribution is -2.13. The summed E-state index contributed by atoms with van der Waals surface area (Å²) >= 11 is 5.84. The van der Waals surface area contributed by atoms with Crippen LogP contribution in [0.2, 0.25) is 5.02 Å². The van der Waals surface area contributed by atoms with Gasteiger partial charge in [0.25, 0.3) is 5.91 Å². The molecule has 5 heteroatoms. The zero-order valence-corrected chi connectivity index (χ0v) is 11.7. The van der Waals surface area contributed by atoms with Crippen molar-refractivity contribution in [1.82, 2.24) is 0 Å². The Balaban J connectivity index is 2.21. The van der Waals surface area contributed by atoms with Crippen molar-refractivity contribution in [2.45, 2.75) is 13.3 Å². The van der Waals surface area contributed by atoms with Crippen LogP contribution in [-0.4, -0.2) is 5.91 Å². The van der Waals surface area contributed by atoms with E-state index in [1.54, 1.807) is 12.1 Å². The average Bonchev–Trinajstić information content (AvgIpc) is 2.38. The van der Waals surface area contributed by atoms with Crippen LogP contribution in [0.5, 0.6) is 0 Å². The Morgan fingerprint density at radius 3 is 2.65 bits per heavy atom. The van der Waals surface area contributed by atoms with Gasteiger partial charge in [0.2, 0.25) is 0 Å². The summed E-state index contributed by atoms with van der Waals surface area (Å²) in [6.45, 7) is 2.00. The highest BCUT2D eigenvalue weighted by molar-refractivity contribution is 6.34. The Hall–Kier alpha value is -2.07. The normalized spacial score (nSPS) is 10.3. The molecule has 2 rings (SSSR count). The highest BCUT2D eigenvalue weighted by Crippen LogP contribution is 2.21. The number of benzene rings is 2. The summed E-state index contributed by atoms with van der Waals surface area (Å²) in [4.78, 5) is 12.1. The molecule has 0 aliphatic rings. The van der Waals surface area contributed by atoms with E-state index in [9.17, 15) is 9.18 Å². The Morgan fingerprint density at radius 2 is 2.05 bits per heavy atom. The van der Waals surface area contributed by atoms with Gasteiger partial charge in [0.05, 0.1) is 10.6 Å². The summed E-state index contributed by atoms with van der Waals surface area (Å²) < 4.78 is 12.9. The van der Waals surface area contributed by atoms with Gasteiger partial charge in [0.1, 0.15) is 5.82 Å². The number of halogens is 2. The monoisotopic (exact) mass is 292 g/mol. The van der Waals surface area contributed by atoms with Gasteiger partial charge in [0.15, 0.2) is 0 Å². The van der Waals surface area contributed by atoms with Gasteiger partial charge in [-0.1, -0.05) is 24.6 Å². The molecule has 20 heavy (non-hydrogen) atoms. The molecular formula is C15H14ClFN2O. The molecule has 2 aromatic rings. The molecule has 1 amide bonds. The zero-order chi connectivity index (χ0) is 14.7. The lowest BCUT2D eigenvalue weighted by molar-refractivity contribution is 0.102. The van der Waals surface area contributed by atoms with Crippen LogP contribution in [0, 0.1) is 5.82 Å². The van der Waals surface area contributed by atoms with Crippen molar-refractivity contribution < 1.29 is 9.18 Å². The number of nitrogens with one attached hydrogen (secondary N) is 1. The number of hydrogen-bond acceptors (Lipinski definition) is 2. The highest BCUT2D eigenvalue weighted by Gasteiger charge is 2.11. The molecule has 3 N–H and O–H groups in total. The zero-order valence-electron chi connectivity index (χ0n) is 10.9. The summed E-state index contributed by atoms with van der Waals surface area (Å²) in [7, 11) is 0. The molecule has 0 aliphatic heterocycles. The molecule has 0 saturated heterocycles. The third kappa shape index (κ3) is 3.08. The minimum atomic E-state index is -0.483. The van der Waals surface area contributed by atoms with Crippen molar-refractivity contribution in [2.75, 3.05) is 11.1 Å². The molecule has 0 saturated carbocycles. The first-order valence-corrected chi connectivity index (χ1v) is 6.54. The predicted molar refractivity (Wildman–Crippen MR) is 79.6 cm³/mol. The van der Waals surface area contributed by atoms with Crippen LogP contribution >= 0.6 is 11.6 Å². The van der Waals surface area contributed by atoms with Crippen LogP contribution in [-0.2, 0) is 6.42 Å². The van der Waals surface area contributed by atoms with E-state index in [0.29, 0.717) is 11.4 Å². The van der Waals surface area contributed by atoms with E-state index in [4.69, 9.17) is 17.3 Å². The van der Waals surface area contributed by atoms with Gasteiger partial charge in [-0.15, -0.1) is 0 Å². The number of nitrogen functional groups attached to an aromatic ring is 1. The van der Waals surface area contributed by atoms with E-state index >= 15 is 0 Å². The fourth-order valence-electron chi connectivity index (χ4n) is 1.87. The predicted octanol–water partition coefficient (Wildman–Crippen LogP) is 3.88. The maximum atomic E-state index is 12.9. The second kappa shape index (κ2) is 5.92. The van der Waals surface area contributed by atoms with Gasteiger partial charge in [-0.2, -0.15) is 0 Å². The Labute approximate surface area is 121 Å². The van der Waals surface area contributed by atoms with Crippen LogP contribution < -0.4 is 11.1 Å². The van der Waals surface area contributed by atoms with E-state index < -0.39 is 11.7 Å². The largest absolute Gasteiger partial charge is 0.398 e. The Kier molecular flexibility index (Phi) is 4.25. The second-order valence-corrected chi connectivity index (χ2v) is 4.75. The molecule has 2 aromatic carbocycles. The summed E-state index contributed by atoms with van der Waals surface area (Å²) in [6, 6.07) is 8.95. The van der Waals surface area contributed by atoms with Crippen molar-refractivity contribution >= 4 is 28.9 Å². The minimum absolute atomic E-state index is 0.0700. The quantitative estimate of drug-likeness (QED) is 0.844. The number of anilines is 2. The fraction of sp³-hybridized carbons (Fsp3) is 0.133. The van der Waals surface area contributed by atoms with Crippen molar-refractivity contribution in [2.24, 2.45) is 0 Å². The molecule has 0 fully saturated rings. The topological polar surface area (TPSA) is 55.1 Å². The number of carbonyl (C=O) groups excluding carboxylic acids is 1. The maximum absolute atomic E-state index is 12.9. The summed E-state index contributed by atoms with van der Waals surface area (Å²) in [5.41, 5.74) is 8.29. The number of carbonyl (C=O) groups is 1. The smallest absolute Gasteiger partial charge is 0.257 e. The molecule has 0 spiro atoms. The van der Waals surface area contributed by atoms with Crippen molar-refractivity contribution in [3.63, 3.8) is 0 Å². The molecule has 0 aromatic heterocycles. The number of amides is 1. The molecule has 0 unspecified atom stereocenters. The maximum Gasteiger partial charge on any atom is 0.257 e. The van der Waals surface area contributed by atoms with Crippen molar-refractivity contribution in [3.8, 4) is 0 Å². The second-order valence-electron chi connectivity index (χ2n) is 4.35. The van der Waals surface area contributed by atoms with Gasteiger partial charge < -0.3 is 11.1 Å². The molecule has 0 heterocycles. The van der Waals surface area contributed by atoms with Crippen molar-refractivity contribution in [1.29, 1.82) is 0 Å². The van der Waals surface area contributed by atoms with E-state index in [0.717, 1.165) is 18.1 Å². The number of aryl methyl sites for hydroxylation is 1. The first-order chi connectivity index (χ1) is 9.51. The van der Waals surface area contributed by atoms with E-state index in [1.165, 1.54) is 12.1 Å². The summed E-state index contributed by atoms with van der Waals surface area (Å²) in [6.07, 6.45) is 0.823. The third-order valence-electron chi connectivity index (χ3n) is 2.96. The molecule has 0 aliphatic carbocycles. The molecule has 0 radical (unpaired) electrons. The van der Waals surface area contributed by atoms with Crippen LogP contribution in [0.1, 0.15) is 22.8 Å². The van der Waals surface area contributed by atoms with Gasteiger partial charge in [0, 0.05) is 11.4 Å². The molecular weight excluding hydrogens is 279 g/mol. The van der Waals surface area contributed by atoms with Crippen LogP contribution in [0.3, 0.4) is 0 Å². The number of rotatable bonds is 3. The van der Waals surface area contributed by atoms with Gasteiger partial charge in [-0.3, -0.25) is 4.79 Å². The third-order valence-corrected chi connectivity index (χ3v) is 3.27. The minimum Gasteiger partial charge on any atom is -0.398 e. The average molecular weight is 293 g/mol. The van der Waals surface area contributed by atoms with E-state index in [-0.39, 0.29) is 10.6 Å². The van der Waals surface area contributed by atoms with E-state index in [1.807, 2.05) is 13.0 Å². The van der Waals surface area contributed by atoms with Gasteiger partial charge in [-0.05, 0) is 42.3 Å². The van der Waals surface area contributed by atoms with E-state index in [2.05, 4.69) is 5.32 Å². The van der Waals surface area contributed by atoms with Crippen LogP contribution in [0.4, 0.5) is 15.8 Å². The number of nitrogens with two attached hydrogens (primary N) is 1. The SMILES string of the molecule is CCc1ccc(NC(=O)c2ccc(F)cc2Cl)cc1N.